The zero-order valence-electron chi connectivity index (χ0n) is 19.4. The Labute approximate surface area is 209 Å². The SMILES string of the molecule is Cc1cc(-c2ccccc2C(F)(F)F)nn2c(C(=O)Nc3ccnc(N4CCCS(=O)(=O)C4)n3)cnc12. The topological polar surface area (TPSA) is 122 Å². The van der Waals surface area contributed by atoms with Crippen LogP contribution in [-0.4, -0.2) is 57.1 Å². The average molecular weight is 532 g/mol. The van der Waals surface area contributed by atoms with E-state index in [0.29, 0.717) is 24.2 Å². The minimum absolute atomic E-state index is 0.0230. The highest BCUT2D eigenvalue weighted by molar-refractivity contribution is 7.91. The summed E-state index contributed by atoms with van der Waals surface area (Å²) in [6, 6.07) is 7.98. The fourth-order valence-corrected chi connectivity index (χ4v) is 5.53. The average Bonchev–Trinajstić information content (AvgIpc) is 3.28. The van der Waals surface area contributed by atoms with Crippen LogP contribution < -0.4 is 10.2 Å². The summed E-state index contributed by atoms with van der Waals surface area (Å²) in [5.41, 5.74) is -0.139. The van der Waals surface area contributed by atoms with Crippen LogP contribution >= 0.6 is 0 Å². The molecule has 3 aromatic heterocycles. The molecule has 4 aromatic rings. The number of aromatic nitrogens is 5. The third-order valence-corrected chi connectivity index (χ3v) is 7.41. The van der Waals surface area contributed by atoms with E-state index in [1.165, 1.54) is 52.1 Å². The first-order chi connectivity index (χ1) is 17.5. The number of rotatable bonds is 4. The largest absolute Gasteiger partial charge is 0.417 e. The van der Waals surface area contributed by atoms with Crippen molar-refractivity contribution in [3.63, 3.8) is 0 Å². The third kappa shape index (κ3) is 4.96. The lowest BCUT2D eigenvalue weighted by molar-refractivity contribution is -0.137. The second-order valence-electron chi connectivity index (χ2n) is 8.52. The van der Waals surface area contributed by atoms with Gasteiger partial charge >= 0.3 is 6.18 Å². The molecule has 0 spiro atoms. The Bertz CT molecular complexity index is 1620. The van der Waals surface area contributed by atoms with Crippen LogP contribution in [0.2, 0.25) is 0 Å². The minimum Gasteiger partial charge on any atom is -0.326 e. The molecule has 0 bridgehead atoms. The van der Waals surface area contributed by atoms with Crippen LogP contribution in [0, 0.1) is 6.92 Å². The molecule has 0 saturated carbocycles. The highest BCUT2D eigenvalue weighted by atomic mass is 32.2. The number of halogens is 3. The van der Waals surface area contributed by atoms with E-state index in [1.807, 2.05) is 0 Å². The van der Waals surface area contributed by atoms with Gasteiger partial charge in [-0.3, -0.25) is 4.79 Å². The van der Waals surface area contributed by atoms with Crippen LogP contribution in [0.3, 0.4) is 0 Å². The zero-order valence-corrected chi connectivity index (χ0v) is 20.2. The van der Waals surface area contributed by atoms with Crippen molar-refractivity contribution in [3.8, 4) is 11.3 Å². The monoisotopic (exact) mass is 531 g/mol. The maximum atomic E-state index is 13.6. The van der Waals surface area contributed by atoms with Crippen molar-refractivity contribution in [1.82, 2.24) is 24.6 Å². The second kappa shape index (κ2) is 9.10. The van der Waals surface area contributed by atoms with E-state index in [2.05, 4.69) is 25.4 Å². The summed E-state index contributed by atoms with van der Waals surface area (Å²) in [6.45, 7) is 2.12. The fourth-order valence-electron chi connectivity index (χ4n) is 4.11. The van der Waals surface area contributed by atoms with Crippen LogP contribution in [0.25, 0.3) is 16.9 Å². The summed E-state index contributed by atoms with van der Waals surface area (Å²) in [5.74, 6) is -0.516. The molecule has 0 atom stereocenters. The van der Waals surface area contributed by atoms with Gasteiger partial charge in [0.25, 0.3) is 5.91 Å². The fraction of sp³-hybridized carbons (Fsp3) is 0.261. The Kier molecular flexibility index (Phi) is 6.06. The van der Waals surface area contributed by atoms with E-state index in [-0.39, 0.29) is 40.3 Å². The number of amides is 1. The van der Waals surface area contributed by atoms with Crippen LogP contribution in [0.1, 0.15) is 28.0 Å². The van der Waals surface area contributed by atoms with Crippen molar-refractivity contribution in [2.24, 2.45) is 0 Å². The number of sulfone groups is 1. The van der Waals surface area contributed by atoms with E-state index in [4.69, 9.17) is 0 Å². The number of fused-ring (bicyclic) bond motifs is 1. The maximum Gasteiger partial charge on any atom is 0.417 e. The Morgan fingerprint density at radius 2 is 1.92 bits per heavy atom. The van der Waals surface area contributed by atoms with Crippen LogP contribution in [0.5, 0.6) is 0 Å². The summed E-state index contributed by atoms with van der Waals surface area (Å²) in [4.78, 5) is 27.2. The lowest BCUT2D eigenvalue weighted by Gasteiger charge is -2.26. The molecule has 1 fully saturated rings. The standard InChI is InChI=1S/C23H20F3N7O3S/c1-14-11-17(15-5-2-3-6-16(15)23(24,25)26)31-33-18(12-28-20(14)33)21(34)29-19-7-8-27-22(30-19)32-9-4-10-37(35,36)13-32/h2-3,5-8,11-12H,4,9-10,13H2,1H3,(H,27,29,30,34). The van der Waals surface area contributed by atoms with E-state index >= 15 is 0 Å². The van der Waals surface area contributed by atoms with Gasteiger partial charge in [-0.1, -0.05) is 18.2 Å². The molecule has 1 amide bonds. The van der Waals surface area contributed by atoms with Crippen molar-refractivity contribution in [3.05, 3.63) is 65.6 Å². The molecule has 37 heavy (non-hydrogen) atoms. The van der Waals surface area contributed by atoms with E-state index in [1.54, 1.807) is 6.92 Å². The lowest BCUT2D eigenvalue weighted by Crippen LogP contribution is -2.39. The van der Waals surface area contributed by atoms with E-state index < -0.39 is 27.5 Å². The van der Waals surface area contributed by atoms with Gasteiger partial charge in [0.1, 0.15) is 11.7 Å². The van der Waals surface area contributed by atoms with Crippen molar-refractivity contribution in [1.29, 1.82) is 0 Å². The smallest absolute Gasteiger partial charge is 0.326 e. The number of carbonyl (C=O) groups excluding carboxylic acids is 1. The van der Waals surface area contributed by atoms with Gasteiger partial charge in [0.05, 0.1) is 23.2 Å². The molecular weight excluding hydrogens is 511 g/mol. The molecule has 192 valence electrons. The minimum atomic E-state index is -4.59. The molecular formula is C23H20F3N7O3S. The molecule has 0 radical (unpaired) electrons. The Morgan fingerprint density at radius 3 is 2.68 bits per heavy atom. The molecule has 10 nitrogen and oxygen atoms in total. The lowest BCUT2D eigenvalue weighted by atomic mass is 10.0. The summed E-state index contributed by atoms with van der Waals surface area (Å²) in [6.07, 6.45) is -1.49. The Morgan fingerprint density at radius 1 is 1.14 bits per heavy atom. The number of nitrogens with one attached hydrogen (secondary N) is 1. The first kappa shape index (κ1) is 24.6. The molecule has 1 N–H and O–H groups in total. The first-order valence-electron chi connectivity index (χ1n) is 11.1. The normalized spacial score (nSPS) is 15.6. The third-order valence-electron chi connectivity index (χ3n) is 5.80. The molecule has 1 aliphatic rings. The first-order valence-corrected chi connectivity index (χ1v) is 13.0. The Balaban J connectivity index is 1.47. The number of imidazole rings is 1. The zero-order chi connectivity index (χ0) is 26.4. The van der Waals surface area contributed by atoms with Crippen molar-refractivity contribution < 1.29 is 26.4 Å². The number of alkyl halides is 3. The number of anilines is 2. The predicted octanol–water partition coefficient (Wildman–Crippen LogP) is 3.35. The van der Waals surface area contributed by atoms with E-state index in [9.17, 15) is 26.4 Å². The van der Waals surface area contributed by atoms with Crippen LogP contribution in [0.15, 0.2) is 48.8 Å². The van der Waals surface area contributed by atoms with Crippen LogP contribution in [-0.2, 0) is 16.0 Å². The molecule has 0 aliphatic carbocycles. The number of nitrogens with zero attached hydrogens (tertiary/aromatic N) is 6. The molecule has 0 unspecified atom stereocenters. The number of benzene rings is 1. The van der Waals surface area contributed by atoms with E-state index in [0.717, 1.165) is 6.07 Å². The quantitative estimate of drug-likeness (QED) is 0.426. The number of hydrogen-bond donors (Lipinski definition) is 1. The number of aryl methyl sites for hydroxylation is 1. The molecule has 1 aliphatic heterocycles. The molecule has 1 aromatic carbocycles. The number of hydrogen-bond acceptors (Lipinski definition) is 8. The maximum absolute atomic E-state index is 13.6. The molecule has 14 heteroatoms. The van der Waals surface area contributed by atoms with Gasteiger partial charge < -0.3 is 10.2 Å². The molecule has 1 saturated heterocycles. The Hall–Kier alpha value is -4.07. The van der Waals surface area contributed by atoms with Gasteiger partial charge in [0.15, 0.2) is 21.2 Å². The van der Waals surface area contributed by atoms with Crippen molar-refractivity contribution in [2.45, 2.75) is 19.5 Å². The molecule has 4 heterocycles. The van der Waals surface area contributed by atoms with Crippen LogP contribution in [0.4, 0.5) is 24.9 Å². The summed E-state index contributed by atoms with van der Waals surface area (Å²) < 4.78 is 65.9. The van der Waals surface area contributed by atoms with Gasteiger partial charge in [-0.25, -0.2) is 22.9 Å². The van der Waals surface area contributed by atoms with Gasteiger partial charge in [0, 0.05) is 18.3 Å². The van der Waals surface area contributed by atoms with Gasteiger partial charge in [-0.15, -0.1) is 0 Å². The van der Waals surface area contributed by atoms with Gasteiger partial charge in [-0.05, 0) is 37.1 Å². The highest BCUT2D eigenvalue weighted by Crippen LogP contribution is 2.36. The van der Waals surface area contributed by atoms with Gasteiger partial charge in [0.2, 0.25) is 5.95 Å². The summed E-state index contributed by atoms with van der Waals surface area (Å²) >= 11 is 0. The molecule has 5 rings (SSSR count). The van der Waals surface area contributed by atoms with Gasteiger partial charge in [-0.2, -0.15) is 23.3 Å². The predicted molar refractivity (Wildman–Crippen MR) is 129 cm³/mol. The summed E-state index contributed by atoms with van der Waals surface area (Å²) in [5, 5.41) is 6.90. The number of carbonyl (C=O) groups is 1. The summed E-state index contributed by atoms with van der Waals surface area (Å²) in [7, 11) is -3.25. The van der Waals surface area contributed by atoms with Crippen molar-refractivity contribution >= 4 is 33.2 Å². The second-order valence-corrected chi connectivity index (χ2v) is 10.7. The van der Waals surface area contributed by atoms with Crippen molar-refractivity contribution in [2.75, 3.05) is 28.4 Å². The highest BCUT2D eigenvalue weighted by Gasteiger charge is 2.34.